The Morgan fingerprint density at radius 1 is 1.32 bits per heavy atom. The monoisotopic (exact) mass is 262 g/mol. The third-order valence-electron chi connectivity index (χ3n) is 2.35. The number of hydrogen-bond acceptors (Lipinski definition) is 4. The van der Waals surface area contributed by atoms with E-state index in [0.717, 1.165) is 5.69 Å². The fourth-order valence-electron chi connectivity index (χ4n) is 1.39. The third-order valence-corrected chi connectivity index (χ3v) is 2.35. The number of likely N-dealkylation sites (N-methyl/N-ethyl adjacent to an activating group) is 1. The molecule has 0 aliphatic carbocycles. The Balaban J connectivity index is 2.32. The largest absolute Gasteiger partial charge is 0.468 e. The number of esters is 1. The summed E-state index contributed by atoms with van der Waals surface area (Å²) < 4.78 is 4.54. The highest BCUT2D eigenvalue weighted by Crippen LogP contribution is 2.04. The molecule has 102 valence electrons. The summed E-state index contributed by atoms with van der Waals surface area (Å²) in [6.45, 7) is 0.693. The summed E-state index contributed by atoms with van der Waals surface area (Å²) in [7, 11) is 3.12. The smallest absolute Gasteiger partial charge is 0.319 e. The van der Waals surface area contributed by atoms with Crippen molar-refractivity contribution in [3.63, 3.8) is 0 Å². The van der Waals surface area contributed by atoms with Gasteiger partial charge in [0.2, 0.25) is 5.91 Å². The van der Waals surface area contributed by atoms with Crippen molar-refractivity contribution in [1.29, 1.82) is 0 Å². The van der Waals surface area contributed by atoms with Gasteiger partial charge in [-0.15, -0.1) is 0 Å². The molecular formula is C14H18N2O3. The minimum atomic E-state index is -0.301. The molecule has 0 aromatic heterocycles. The minimum Gasteiger partial charge on any atom is -0.468 e. The first kappa shape index (κ1) is 14.9. The lowest BCUT2D eigenvalue weighted by atomic mass is 10.3. The standard InChI is InChI=1S/C14H18N2O3/c1-16(11-14(18)19-2)10-6-9-13(17)15-12-7-4-3-5-8-12/h3-9H,10-11H2,1-2H3,(H,15,17)/b9-6+. The molecule has 0 saturated heterocycles. The van der Waals surface area contributed by atoms with E-state index in [-0.39, 0.29) is 18.4 Å². The molecule has 0 aliphatic heterocycles. The third kappa shape index (κ3) is 6.38. The maximum atomic E-state index is 11.6. The van der Waals surface area contributed by atoms with Crippen molar-refractivity contribution >= 4 is 17.6 Å². The maximum Gasteiger partial charge on any atom is 0.319 e. The van der Waals surface area contributed by atoms with Crippen LogP contribution in [0.1, 0.15) is 0 Å². The molecule has 0 heterocycles. The van der Waals surface area contributed by atoms with Crippen LogP contribution in [-0.4, -0.2) is 44.0 Å². The van der Waals surface area contributed by atoms with E-state index in [9.17, 15) is 9.59 Å². The Bertz CT molecular complexity index is 443. The molecule has 0 fully saturated rings. The summed E-state index contributed by atoms with van der Waals surface area (Å²) >= 11 is 0. The van der Waals surface area contributed by atoms with Crippen molar-refractivity contribution in [3.05, 3.63) is 42.5 Å². The SMILES string of the molecule is COC(=O)CN(C)C/C=C/C(=O)Nc1ccccc1. The predicted octanol–water partition coefficient (Wildman–Crippen LogP) is 1.29. The average molecular weight is 262 g/mol. The Morgan fingerprint density at radius 2 is 2.00 bits per heavy atom. The molecule has 0 spiro atoms. The number of carbonyl (C=O) groups is 2. The molecule has 0 atom stereocenters. The number of methoxy groups -OCH3 is 1. The molecule has 1 aromatic rings. The summed E-state index contributed by atoms with van der Waals surface area (Å²) in [5.74, 6) is -0.498. The van der Waals surface area contributed by atoms with E-state index in [2.05, 4.69) is 10.1 Å². The van der Waals surface area contributed by atoms with Gasteiger partial charge in [-0.2, -0.15) is 0 Å². The van der Waals surface area contributed by atoms with Gasteiger partial charge < -0.3 is 10.1 Å². The molecule has 1 amide bonds. The van der Waals surface area contributed by atoms with Gasteiger partial charge in [-0.25, -0.2) is 0 Å². The summed E-state index contributed by atoms with van der Waals surface area (Å²) in [6.07, 6.45) is 3.14. The van der Waals surface area contributed by atoms with Gasteiger partial charge in [-0.3, -0.25) is 14.5 Å². The van der Waals surface area contributed by atoms with Crippen LogP contribution in [0.3, 0.4) is 0 Å². The molecule has 0 bridgehead atoms. The van der Waals surface area contributed by atoms with Crippen LogP contribution >= 0.6 is 0 Å². The fourth-order valence-corrected chi connectivity index (χ4v) is 1.39. The second-order valence-electron chi connectivity index (χ2n) is 4.03. The number of hydrogen-bond donors (Lipinski definition) is 1. The fraction of sp³-hybridized carbons (Fsp3) is 0.286. The van der Waals surface area contributed by atoms with Crippen molar-refractivity contribution in [2.75, 3.05) is 32.6 Å². The quantitative estimate of drug-likeness (QED) is 0.620. The summed E-state index contributed by atoms with van der Waals surface area (Å²) in [6, 6.07) is 9.21. The zero-order valence-electron chi connectivity index (χ0n) is 11.1. The number of anilines is 1. The average Bonchev–Trinajstić information content (AvgIpc) is 2.39. The lowest BCUT2D eigenvalue weighted by molar-refractivity contribution is -0.141. The highest BCUT2D eigenvalue weighted by atomic mass is 16.5. The normalized spacial score (nSPS) is 10.7. The first-order valence-corrected chi connectivity index (χ1v) is 5.89. The number of nitrogens with zero attached hydrogens (tertiary/aromatic N) is 1. The van der Waals surface area contributed by atoms with Crippen molar-refractivity contribution in [2.24, 2.45) is 0 Å². The Hall–Kier alpha value is -2.14. The van der Waals surface area contributed by atoms with Crippen LogP contribution in [0, 0.1) is 0 Å². The highest BCUT2D eigenvalue weighted by molar-refractivity contribution is 5.99. The van der Waals surface area contributed by atoms with E-state index in [1.54, 1.807) is 18.0 Å². The molecular weight excluding hydrogens is 244 g/mol. The number of ether oxygens (including phenoxy) is 1. The molecule has 1 rings (SSSR count). The minimum absolute atomic E-state index is 0.196. The highest BCUT2D eigenvalue weighted by Gasteiger charge is 2.04. The van der Waals surface area contributed by atoms with Crippen LogP contribution in [-0.2, 0) is 14.3 Å². The molecule has 19 heavy (non-hydrogen) atoms. The van der Waals surface area contributed by atoms with Crippen molar-refractivity contribution < 1.29 is 14.3 Å². The molecule has 5 heteroatoms. The van der Waals surface area contributed by atoms with Gasteiger partial charge in [0.25, 0.3) is 0 Å². The topological polar surface area (TPSA) is 58.6 Å². The van der Waals surface area contributed by atoms with Gasteiger partial charge in [0, 0.05) is 18.3 Å². The number of rotatable bonds is 6. The van der Waals surface area contributed by atoms with Crippen LogP contribution in [0.25, 0.3) is 0 Å². The number of benzene rings is 1. The van der Waals surface area contributed by atoms with E-state index in [4.69, 9.17) is 0 Å². The molecule has 5 nitrogen and oxygen atoms in total. The van der Waals surface area contributed by atoms with E-state index in [1.807, 2.05) is 30.3 Å². The summed E-state index contributed by atoms with van der Waals surface area (Å²) in [4.78, 5) is 24.3. The number of amides is 1. The van der Waals surface area contributed by atoms with Gasteiger partial charge in [0.1, 0.15) is 0 Å². The van der Waals surface area contributed by atoms with E-state index < -0.39 is 0 Å². The number of carbonyl (C=O) groups excluding carboxylic acids is 2. The maximum absolute atomic E-state index is 11.6. The van der Waals surface area contributed by atoms with E-state index >= 15 is 0 Å². The molecule has 1 aromatic carbocycles. The first-order valence-electron chi connectivity index (χ1n) is 5.89. The molecule has 1 N–H and O–H groups in total. The molecule has 0 unspecified atom stereocenters. The number of nitrogens with one attached hydrogen (secondary N) is 1. The predicted molar refractivity (Wildman–Crippen MR) is 73.7 cm³/mol. The summed E-state index contributed by atoms with van der Waals surface area (Å²) in [5, 5.41) is 2.73. The van der Waals surface area contributed by atoms with Gasteiger partial charge in [0.05, 0.1) is 13.7 Å². The zero-order chi connectivity index (χ0) is 14.1. The molecule has 0 aliphatic rings. The lowest BCUT2D eigenvalue weighted by Gasteiger charge is -2.11. The van der Waals surface area contributed by atoms with Crippen LogP contribution in [0.4, 0.5) is 5.69 Å². The van der Waals surface area contributed by atoms with Crippen LogP contribution < -0.4 is 5.32 Å². The second kappa shape index (κ2) is 8.05. The molecule has 0 radical (unpaired) electrons. The van der Waals surface area contributed by atoms with Crippen molar-refractivity contribution in [3.8, 4) is 0 Å². The lowest BCUT2D eigenvalue weighted by Crippen LogP contribution is -2.27. The van der Waals surface area contributed by atoms with Crippen molar-refractivity contribution in [1.82, 2.24) is 4.90 Å². The second-order valence-corrected chi connectivity index (χ2v) is 4.03. The van der Waals surface area contributed by atoms with E-state index in [1.165, 1.54) is 13.2 Å². The Morgan fingerprint density at radius 3 is 2.63 bits per heavy atom. The van der Waals surface area contributed by atoms with Gasteiger partial charge >= 0.3 is 5.97 Å². The van der Waals surface area contributed by atoms with E-state index in [0.29, 0.717) is 6.54 Å². The van der Waals surface area contributed by atoms with Crippen LogP contribution in [0.15, 0.2) is 42.5 Å². The number of para-hydroxylation sites is 1. The summed E-state index contributed by atoms with van der Waals surface area (Å²) in [5.41, 5.74) is 0.750. The molecule has 0 saturated carbocycles. The first-order chi connectivity index (χ1) is 9.11. The van der Waals surface area contributed by atoms with Crippen LogP contribution in [0.5, 0.6) is 0 Å². The van der Waals surface area contributed by atoms with Gasteiger partial charge in [0.15, 0.2) is 0 Å². The Kier molecular flexibility index (Phi) is 6.32. The Labute approximate surface area is 112 Å². The van der Waals surface area contributed by atoms with Crippen molar-refractivity contribution in [2.45, 2.75) is 0 Å². The van der Waals surface area contributed by atoms with Gasteiger partial charge in [-0.05, 0) is 19.2 Å². The van der Waals surface area contributed by atoms with Crippen LogP contribution in [0.2, 0.25) is 0 Å². The zero-order valence-corrected chi connectivity index (χ0v) is 11.1. The van der Waals surface area contributed by atoms with Gasteiger partial charge in [-0.1, -0.05) is 24.3 Å².